The number of aromatic nitrogens is 5. The fourth-order valence-electron chi connectivity index (χ4n) is 2.70. The second-order valence-electron chi connectivity index (χ2n) is 5.45. The zero-order valence-electron chi connectivity index (χ0n) is 12.6. The molecule has 0 fully saturated rings. The molecule has 0 aliphatic rings. The number of aromatic amines is 1. The predicted octanol–water partition coefficient (Wildman–Crippen LogP) is 0.390. The third kappa shape index (κ3) is 1.90. The highest BCUT2D eigenvalue weighted by molar-refractivity contribution is 5.80. The maximum Gasteiger partial charge on any atom is 0.403 e. The van der Waals surface area contributed by atoms with Gasteiger partial charge in [0.2, 0.25) is 5.52 Å². The molecule has 23 heavy (non-hydrogen) atoms. The molecular weight excluding hydrogens is 294 g/mol. The lowest BCUT2D eigenvalue weighted by Crippen LogP contribution is -2.36. The van der Waals surface area contributed by atoms with Gasteiger partial charge < -0.3 is 0 Å². The number of benzene rings is 1. The summed E-state index contributed by atoms with van der Waals surface area (Å²) in [6.07, 6.45) is 3.79. The molecule has 7 heteroatoms. The number of pyridine rings is 1. The van der Waals surface area contributed by atoms with Crippen molar-refractivity contribution >= 4 is 21.9 Å². The van der Waals surface area contributed by atoms with Crippen molar-refractivity contribution < 1.29 is 4.57 Å². The van der Waals surface area contributed by atoms with Crippen LogP contribution < -0.4 is 15.8 Å². The molecule has 1 N–H and O–H groups in total. The van der Waals surface area contributed by atoms with Gasteiger partial charge in [-0.05, 0) is 16.4 Å². The van der Waals surface area contributed by atoms with Crippen molar-refractivity contribution in [1.29, 1.82) is 0 Å². The van der Waals surface area contributed by atoms with Crippen molar-refractivity contribution in [3.63, 3.8) is 0 Å². The molecule has 0 bridgehead atoms. The molecule has 0 saturated carbocycles. The van der Waals surface area contributed by atoms with Crippen LogP contribution in [0.4, 0.5) is 0 Å². The Morgan fingerprint density at radius 1 is 1.04 bits per heavy atom. The van der Waals surface area contributed by atoms with Gasteiger partial charge in [0, 0.05) is 19.5 Å². The topological polar surface area (TPSA) is 76.6 Å². The van der Waals surface area contributed by atoms with Crippen molar-refractivity contribution in [2.75, 3.05) is 0 Å². The lowest BCUT2D eigenvalue weighted by Gasteiger charge is -1.98. The molecule has 0 saturated heterocycles. The van der Waals surface area contributed by atoms with Crippen LogP contribution >= 0.6 is 0 Å². The van der Waals surface area contributed by atoms with Gasteiger partial charge in [0.25, 0.3) is 11.2 Å². The van der Waals surface area contributed by atoms with Gasteiger partial charge in [0.15, 0.2) is 0 Å². The molecule has 0 atom stereocenters. The van der Waals surface area contributed by atoms with Crippen LogP contribution in [0, 0.1) is 0 Å². The van der Waals surface area contributed by atoms with Gasteiger partial charge >= 0.3 is 11.6 Å². The third-order valence-electron chi connectivity index (χ3n) is 4.02. The minimum Gasteiger partial charge on any atom is -0.265 e. The summed E-state index contributed by atoms with van der Waals surface area (Å²) in [6, 6.07) is 9.94. The molecule has 1 aromatic carbocycles. The Labute approximate surface area is 130 Å². The Morgan fingerprint density at radius 3 is 2.57 bits per heavy atom. The Bertz CT molecular complexity index is 1180. The van der Waals surface area contributed by atoms with Crippen molar-refractivity contribution in [2.45, 2.75) is 0 Å². The number of aryl methyl sites for hydroxylation is 1. The molecule has 0 amide bonds. The summed E-state index contributed by atoms with van der Waals surface area (Å²) in [6.45, 7) is 0. The maximum absolute atomic E-state index is 12.2. The SMILES string of the molecule is Cn1c(=O)c2[nH]c(-[n+]3ccc4ccccc4c3)nc2n(C)c1=O. The van der Waals surface area contributed by atoms with Crippen LogP contribution in [0.5, 0.6) is 0 Å². The normalized spacial score (nSPS) is 11.4. The first kappa shape index (κ1) is 13.4. The number of hydrogen-bond donors (Lipinski definition) is 1. The molecule has 114 valence electrons. The van der Waals surface area contributed by atoms with E-state index in [4.69, 9.17) is 0 Å². The smallest absolute Gasteiger partial charge is 0.265 e. The Hall–Kier alpha value is -3.22. The number of imidazole rings is 1. The fraction of sp³-hybridized carbons (Fsp3) is 0.125. The lowest BCUT2D eigenvalue weighted by molar-refractivity contribution is -0.601. The van der Waals surface area contributed by atoms with Crippen molar-refractivity contribution in [2.24, 2.45) is 14.1 Å². The average Bonchev–Trinajstić information content (AvgIpc) is 3.03. The van der Waals surface area contributed by atoms with Crippen molar-refractivity contribution in [3.8, 4) is 5.95 Å². The van der Waals surface area contributed by atoms with Gasteiger partial charge in [0.1, 0.15) is 0 Å². The van der Waals surface area contributed by atoms with E-state index in [1.54, 1.807) is 11.6 Å². The second-order valence-corrected chi connectivity index (χ2v) is 5.45. The first-order valence-electron chi connectivity index (χ1n) is 7.12. The van der Waals surface area contributed by atoms with Crippen LogP contribution in [0.25, 0.3) is 27.9 Å². The molecule has 3 heterocycles. The lowest BCUT2D eigenvalue weighted by atomic mass is 10.2. The van der Waals surface area contributed by atoms with Crippen LogP contribution in [0.1, 0.15) is 0 Å². The van der Waals surface area contributed by atoms with Crippen molar-refractivity contribution in [1.82, 2.24) is 19.1 Å². The summed E-state index contributed by atoms with van der Waals surface area (Å²) in [5.74, 6) is 0.490. The zero-order valence-corrected chi connectivity index (χ0v) is 12.6. The molecule has 4 aromatic rings. The quantitative estimate of drug-likeness (QED) is 0.517. The maximum atomic E-state index is 12.2. The predicted molar refractivity (Wildman–Crippen MR) is 85.6 cm³/mol. The van der Waals surface area contributed by atoms with Crippen LogP contribution in [0.2, 0.25) is 0 Å². The number of H-pyrrole nitrogens is 1. The van der Waals surface area contributed by atoms with Crippen LogP contribution in [-0.4, -0.2) is 19.1 Å². The minimum atomic E-state index is -0.399. The van der Waals surface area contributed by atoms with Gasteiger partial charge in [-0.2, -0.15) is 0 Å². The van der Waals surface area contributed by atoms with E-state index in [1.807, 2.05) is 42.7 Å². The number of rotatable bonds is 1. The highest BCUT2D eigenvalue weighted by Crippen LogP contribution is 2.11. The molecule has 0 aliphatic heterocycles. The standard InChI is InChI=1S/C16H13N5O2/c1-19-13-12(14(22)20(2)16(19)23)17-15(18-13)21-8-7-10-5-3-4-6-11(10)9-21/h3-9H,1-2H3/p+1. The second kappa shape index (κ2) is 4.64. The van der Waals surface area contributed by atoms with Crippen LogP contribution in [-0.2, 0) is 14.1 Å². The van der Waals surface area contributed by atoms with Gasteiger partial charge in [-0.1, -0.05) is 24.3 Å². The monoisotopic (exact) mass is 308 g/mol. The Kier molecular flexibility index (Phi) is 2.71. The number of hydrogen-bond acceptors (Lipinski definition) is 3. The summed E-state index contributed by atoms with van der Waals surface area (Å²) in [5, 5.41) is 2.17. The molecule has 0 aliphatic carbocycles. The van der Waals surface area contributed by atoms with E-state index in [1.165, 1.54) is 11.6 Å². The van der Waals surface area contributed by atoms with Crippen molar-refractivity contribution in [3.05, 3.63) is 63.6 Å². The third-order valence-corrected chi connectivity index (χ3v) is 4.02. The van der Waals surface area contributed by atoms with E-state index < -0.39 is 5.69 Å². The Balaban J connectivity index is 2.02. The number of nitrogens with zero attached hydrogens (tertiary/aromatic N) is 4. The van der Waals surface area contributed by atoms with Crippen LogP contribution in [0.15, 0.2) is 52.3 Å². The van der Waals surface area contributed by atoms with Gasteiger partial charge in [-0.3, -0.25) is 13.9 Å². The molecule has 7 nitrogen and oxygen atoms in total. The highest BCUT2D eigenvalue weighted by atomic mass is 16.2. The van der Waals surface area contributed by atoms with E-state index >= 15 is 0 Å². The summed E-state index contributed by atoms with van der Waals surface area (Å²) in [4.78, 5) is 31.6. The Morgan fingerprint density at radius 2 is 1.78 bits per heavy atom. The van der Waals surface area contributed by atoms with E-state index in [2.05, 4.69) is 9.97 Å². The fourth-order valence-corrected chi connectivity index (χ4v) is 2.70. The van der Waals surface area contributed by atoms with Crippen LogP contribution in [0.3, 0.4) is 0 Å². The first-order valence-corrected chi connectivity index (χ1v) is 7.12. The molecule has 0 spiro atoms. The molecule has 0 unspecified atom stereocenters. The molecule has 0 radical (unpaired) electrons. The molecule has 4 rings (SSSR count). The summed E-state index contributed by atoms with van der Waals surface area (Å²) in [5.41, 5.74) is -0.133. The van der Waals surface area contributed by atoms with E-state index in [0.29, 0.717) is 17.1 Å². The summed E-state index contributed by atoms with van der Waals surface area (Å²) < 4.78 is 4.22. The number of fused-ring (bicyclic) bond motifs is 2. The highest BCUT2D eigenvalue weighted by Gasteiger charge is 2.21. The molecule has 3 aromatic heterocycles. The minimum absolute atomic E-state index is 0.310. The largest absolute Gasteiger partial charge is 0.403 e. The van der Waals surface area contributed by atoms with E-state index in [0.717, 1.165) is 15.3 Å². The first-order chi connectivity index (χ1) is 11.1. The number of nitrogens with one attached hydrogen (secondary N) is 1. The van der Waals surface area contributed by atoms with Gasteiger partial charge in [-0.25, -0.2) is 14.3 Å². The van der Waals surface area contributed by atoms with E-state index in [9.17, 15) is 9.59 Å². The average molecular weight is 308 g/mol. The van der Waals surface area contributed by atoms with Gasteiger partial charge in [-0.15, -0.1) is 0 Å². The zero-order chi connectivity index (χ0) is 16.1. The summed E-state index contributed by atoms with van der Waals surface area (Å²) >= 11 is 0. The summed E-state index contributed by atoms with van der Waals surface area (Å²) in [7, 11) is 3.05. The molecular formula is C16H14N5O2+. The van der Waals surface area contributed by atoms with Gasteiger partial charge in [0.05, 0.1) is 12.4 Å². The van der Waals surface area contributed by atoms with E-state index in [-0.39, 0.29) is 5.56 Å².